The van der Waals surface area contributed by atoms with Gasteiger partial charge < -0.3 is 8.83 Å². The molecule has 0 unspecified atom stereocenters. The van der Waals surface area contributed by atoms with Crippen LogP contribution >= 0.6 is 23.5 Å². The van der Waals surface area contributed by atoms with Gasteiger partial charge in [-0.25, -0.2) is 0 Å². The van der Waals surface area contributed by atoms with E-state index in [1.165, 1.54) is 149 Å². The first kappa shape index (κ1) is 31.5. The van der Waals surface area contributed by atoms with Gasteiger partial charge in [-0.3, -0.25) is 0 Å². The minimum Gasteiger partial charge on any atom is -0.463 e. The van der Waals surface area contributed by atoms with Gasteiger partial charge in [0, 0.05) is 10.8 Å². The number of rotatable bonds is 24. The molecule has 38 heavy (non-hydrogen) atoms. The van der Waals surface area contributed by atoms with Crippen molar-refractivity contribution in [2.24, 2.45) is 0 Å². The molecule has 2 aromatic heterocycles. The van der Waals surface area contributed by atoms with Crippen LogP contribution in [0.3, 0.4) is 0 Å². The largest absolute Gasteiger partial charge is 0.463 e. The van der Waals surface area contributed by atoms with Crippen molar-refractivity contribution < 1.29 is 8.83 Å². The van der Waals surface area contributed by atoms with Crippen LogP contribution in [-0.2, 0) is 0 Å². The minimum atomic E-state index is 1.06. The Kier molecular flexibility index (Phi) is 16.6. The second-order valence-corrected chi connectivity index (χ2v) is 13.3. The molecule has 4 heteroatoms. The van der Waals surface area contributed by atoms with Gasteiger partial charge in [-0.2, -0.15) is 0 Å². The van der Waals surface area contributed by atoms with Crippen molar-refractivity contribution in [1.29, 1.82) is 0 Å². The minimum absolute atomic E-state index is 1.06. The molecule has 0 amide bonds. The Morgan fingerprint density at radius 3 is 1.11 bits per heavy atom. The lowest BCUT2D eigenvalue weighted by atomic mass is 10.1. The highest BCUT2D eigenvalue weighted by Crippen LogP contribution is 2.44. The van der Waals surface area contributed by atoms with Crippen LogP contribution in [0.5, 0.6) is 0 Å². The van der Waals surface area contributed by atoms with E-state index in [4.69, 9.17) is 8.83 Å². The van der Waals surface area contributed by atoms with Crippen LogP contribution < -0.4 is 0 Å². The molecule has 3 aromatic rings. The second kappa shape index (κ2) is 20.0. The Labute approximate surface area is 241 Å². The molecular weight excluding hydrogens is 505 g/mol. The molecule has 0 fully saturated rings. The van der Waals surface area contributed by atoms with Crippen molar-refractivity contribution >= 4 is 45.5 Å². The Morgan fingerprint density at radius 2 is 0.763 bits per heavy atom. The first-order chi connectivity index (χ1) is 18.9. The average molecular weight is 559 g/mol. The van der Waals surface area contributed by atoms with Crippen molar-refractivity contribution in [3.8, 4) is 0 Å². The summed E-state index contributed by atoms with van der Waals surface area (Å²) in [4.78, 5) is 2.54. The van der Waals surface area contributed by atoms with E-state index in [0.29, 0.717) is 0 Å². The first-order valence-corrected chi connectivity index (χ1v) is 18.0. The second-order valence-electron chi connectivity index (χ2n) is 11.0. The molecule has 0 aliphatic rings. The van der Waals surface area contributed by atoms with Gasteiger partial charge in [0.1, 0.15) is 11.2 Å². The summed E-state index contributed by atoms with van der Waals surface area (Å²) in [5.41, 5.74) is 2.11. The third kappa shape index (κ3) is 10.9. The smallest absolute Gasteiger partial charge is 0.149 e. The van der Waals surface area contributed by atoms with E-state index < -0.39 is 0 Å². The zero-order valence-corrected chi connectivity index (χ0v) is 26.1. The fourth-order valence-corrected chi connectivity index (χ4v) is 7.70. The third-order valence-corrected chi connectivity index (χ3v) is 10.1. The zero-order valence-electron chi connectivity index (χ0n) is 24.5. The van der Waals surface area contributed by atoms with E-state index >= 15 is 0 Å². The summed E-state index contributed by atoms with van der Waals surface area (Å²) in [5.74, 6) is 2.30. The molecule has 0 aliphatic carbocycles. The molecular formula is C34H54O2S2. The Bertz CT molecular complexity index is 862. The lowest BCUT2D eigenvalue weighted by Crippen LogP contribution is -1.88. The lowest BCUT2D eigenvalue weighted by Gasteiger charge is -2.09. The fourth-order valence-electron chi connectivity index (χ4n) is 5.39. The van der Waals surface area contributed by atoms with E-state index in [-0.39, 0.29) is 0 Å². The first-order valence-electron chi connectivity index (χ1n) is 16.0. The number of thioether (sulfide) groups is 2. The van der Waals surface area contributed by atoms with Gasteiger partial charge in [0.15, 0.2) is 0 Å². The number of hydrogen-bond acceptors (Lipinski definition) is 4. The quantitative estimate of drug-likeness (QED) is 0.0806. The van der Waals surface area contributed by atoms with Crippen LogP contribution in [0.4, 0.5) is 0 Å². The van der Waals surface area contributed by atoms with Crippen LogP contribution in [0.25, 0.3) is 21.9 Å². The highest BCUT2D eigenvalue weighted by Gasteiger charge is 2.19. The summed E-state index contributed by atoms with van der Waals surface area (Å²) in [6.45, 7) is 4.58. The van der Waals surface area contributed by atoms with Crippen LogP contribution in [0.2, 0.25) is 0 Å². The predicted octanol–water partition coefficient (Wildman–Crippen LogP) is 13.2. The SMILES string of the molecule is CCCCCCCCCCCCSc1c2ccoc2c(SCCCCCCCCCCCC)c2ccoc12. The fraction of sp³-hybridized carbons (Fsp3) is 0.706. The molecule has 2 heterocycles. The molecule has 1 aromatic carbocycles. The van der Waals surface area contributed by atoms with Crippen LogP contribution in [-0.4, -0.2) is 11.5 Å². The predicted molar refractivity (Wildman–Crippen MR) is 171 cm³/mol. The Hall–Kier alpha value is -1.00. The molecule has 0 atom stereocenters. The number of furan rings is 2. The lowest BCUT2D eigenvalue weighted by molar-refractivity contribution is 0.563. The van der Waals surface area contributed by atoms with Gasteiger partial charge in [0.05, 0.1) is 22.3 Å². The number of fused-ring (bicyclic) bond motifs is 2. The third-order valence-electron chi connectivity index (χ3n) is 7.72. The van der Waals surface area contributed by atoms with Crippen molar-refractivity contribution in [3.63, 3.8) is 0 Å². The monoisotopic (exact) mass is 558 g/mol. The molecule has 0 spiro atoms. The van der Waals surface area contributed by atoms with E-state index in [1.54, 1.807) is 0 Å². The molecule has 0 saturated heterocycles. The summed E-state index contributed by atoms with van der Waals surface area (Å²) in [5, 5.41) is 2.46. The summed E-state index contributed by atoms with van der Waals surface area (Å²) in [6.07, 6.45) is 31.4. The van der Waals surface area contributed by atoms with E-state index in [0.717, 1.165) is 22.7 Å². The molecule has 3 rings (SSSR count). The van der Waals surface area contributed by atoms with Gasteiger partial charge >= 0.3 is 0 Å². The summed E-state index contributed by atoms with van der Waals surface area (Å²) < 4.78 is 12.1. The van der Waals surface area contributed by atoms with Gasteiger partial charge in [0.2, 0.25) is 0 Å². The number of unbranched alkanes of at least 4 members (excludes halogenated alkanes) is 18. The van der Waals surface area contributed by atoms with E-state index in [2.05, 4.69) is 26.0 Å². The maximum Gasteiger partial charge on any atom is 0.149 e. The summed E-state index contributed by atoms with van der Waals surface area (Å²) >= 11 is 3.91. The van der Waals surface area contributed by atoms with Gasteiger partial charge in [-0.05, 0) is 36.5 Å². The van der Waals surface area contributed by atoms with Gasteiger partial charge in [-0.15, -0.1) is 23.5 Å². The van der Waals surface area contributed by atoms with Crippen molar-refractivity contribution in [2.45, 2.75) is 152 Å². The molecule has 214 valence electrons. The van der Waals surface area contributed by atoms with E-state index in [9.17, 15) is 0 Å². The van der Waals surface area contributed by atoms with Crippen molar-refractivity contribution in [1.82, 2.24) is 0 Å². The Morgan fingerprint density at radius 1 is 0.447 bits per heavy atom. The Balaban J connectivity index is 1.38. The molecule has 2 nitrogen and oxygen atoms in total. The molecule has 0 bridgehead atoms. The van der Waals surface area contributed by atoms with Gasteiger partial charge in [-0.1, -0.05) is 129 Å². The number of benzene rings is 1. The highest BCUT2D eigenvalue weighted by atomic mass is 32.2. The van der Waals surface area contributed by atoms with E-state index in [1.807, 2.05) is 36.1 Å². The molecule has 0 saturated carbocycles. The van der Waals surface area contributed by atoms with Crippen LogP contribution in [0.15, 0.2) is 43.3 Å². The average Bonchev–Trinajstić information content (AvgIpc) is 3.61. The summed E-state index contributed by atoms with van der Waals surface area (Å²) in [6, 6.07) is 4.28. The van der Waals surface area contributed by atoms with Gasteiger partial charge in [0.25, 0.3) is 0 Å². The normalized spacial score (nSPS) is 11.8. The maximum atomic E-state index is 6.05. The molecule has 0 aliphatic heterocycles. The summed E-state index contributed by atoms with van der Waals surface area (Å²) in [7, 11) is 0. The van der Waals surface area contributed by atoms with Crippen molar-refractivity contribution in [3.05, 3.63) is 24.7 Å². The zero-order chi connectivity index (χ0) is 26.7. The van der Waals surface area contributed by atoms with Crippen LogP contribution in [0.1, 0.15) is 142 Å². The molecule has 0 N–H and O–H groups in total. The van der Waals surface area contributed by atoms with Crippen molar-refractivity contribution in [2.75, 3.05) is 11.5 Å². The highest BCUT2D eigenvalue weighted by molar-refractivity contribution is 8.00. The van der Waals surface area contributed by atoms with Crippen LogP contribution in [0, 0.1) is 0 Å². The topological polar surface area (TPSA) is 26.3 Å². The number of hydrogen-bond donors (Lipinski definition) is 0. The molecule has 0 radical (unpaired) electrons. The maximum absolute atomic E-state index is 6.05. The standard InChI is InChI=1S/C34H54O2S2/c1-3-5-7-9-11-13-15-17-19-21-27-37-33-29-23-25-36-32(29)34(30-24-26-35-31(30)33)38-28-22-20-18-16-14-12-10-8-6-4-2/h23-26H,3-22,27-28H2,1-2H3.